The van der Waals surface area contributed by atoms with E-state index in [9.17, 15) is 9.59 Å². The third-order valence-electron chi connectivity index (χ3n) is 4.33. The van der Waals surface area contributed by atoms with Gasteiger partial charge in [-0.2, -0.15) is 0 Å². The van der Waals surface area contributed by atoms with Gasteiger partial charge in [-0.3, -0.25) is 9.59 Å². The van der Waals surface area contributed by atoms with Gasteiger partial charge in [0.1, 0.15) is 18.4 Å². The summed E-state index contributed by atoms with van der Waals surface area (Å²) in [7, 11) is 0. The average Bonchev–Trinajstić information content (AvgIpc) is 2.62. The Labute approximate surface area is 153 Å². The summed E-state index contributed by atoms with van der Waals surface area (Å²) in [5, 5.41) is 0. The molecule has 0 saturated carbocycles. The van der Waals surface area contributed by atoms with Gasteiger partial charge in [-0.15, -0.1) is 0 Å². The van der Waals surface area contributed by atoms with Gasteiger partial charge in [0.05, 0.1) is 18.8 Å². The fraction of sp³-hybridized carbons (Fsp3) is 0.333. The second-order valence-electron chi connectivity index (χ2n) is 6.50. The average molecular weight is 353 g/mol. The summed E-state index contributed by atoms with van der Waals surface area (Å²) in [6.07, 6.45) is 0.653. The number of hydrogen-bond acceptors (Lipinski definition) is 5. The van der Waals surface area contributed by atoms with Gasteiger partial charge >= 0.3 is 5.97 Å². The van der Waals surface area contributed by atoms with Crippen LogP contribution in [0.2, 0.25) is 0 Å². The number of nitrogens with zero attached hydrogens (tertiary/aromatic N) is 1. The fourth-order valence-corrected chi connectivity index (χ4v) is 3.02. The van der Waals surface area contributed by atoms with E-state index in [2.05, 4.69) is 0 Å². The quantitative estimate of drug-likeness (QED) is 0.589. The van der Waals surface area contributed by atoms with E-state index >= 15 is 0 Å². The highest BCUT2D eigenvalue weighted by Gasteiger charge is 2.25. The van der Waals surface area contributed by atoms with Crippen LogP contribution in [0.15, 0.2) is 48.5 Å². The molecule has 5 heteroatoms. The van der Waals surface area contributed by atoms with Gasteiger partial charge in [0.15, 0.2) is 5.78 Å². The third-order valence-corrected chi connectivity index (χ3v) is 4.33. The molecule has 5 nitrogen and oxygen atoms in total. The Kier molecular flexibility index (Phi) is 5.56. The van der Waals surface area contributed by atoms with Crippen molar-refractivity contribution in [3.63, 3.8) is 0 Å². The van der Waals surface area contributed by atoms with Crippen molar-refractivity contribution in [2.45, 2.75) is 26.4 Å². The van der Waals surface area contributed by atoms with Gasteiger partial charge in [-0.05, 0) is 37.6 Å². The zero-order valence-electron chi connectivity index (χ0n) is 15.1. The van der Waals surface area contributed by atoms with Crippen molar-refractivity contribution in [3.8, 4) is 5.75 Å². The van der Waals surface area contributed by atoms with E-state index in [1.165, 1.54) is 6.92 Å². The van der Waals surface area contributed by atoms with Crippen molar-refractivity contribution in [1.29, 1.82) is 0 Å². The highest BCUT2D eigenvalue weighted by molar-refractivity contribution is 5.95. The Morgan fingerprint density at radius 1 is 1.19 bits per heavy atom. The first-order valence-corrected chi connectivity index (χ1v) is 8.79. The molecule has 1 unspecified atom stereocenters. The monoisotopic (exact) mass is 353 g/mol. The first-order chi connectivity index (χ1) is 12.5. The van der Waals surface area contributed by atoms with Crippen LogP contribution in [0.5, 0.6) is 5.75 Å². The molecule has 2 aromatic carbocycles. The van der Waals surface area contributed by atoms with E-state index in [4.69, 9.17) is 9.47 Å². The lowest BCUT2D eigenvalue weighted by atomic mass is 10.1. The van der Waals surface area contributed by atoms with Crippen LogP contribution in [0.4, 0.5) is 5.69 Å². The summed E-state index contributed by atoms with van der Waals surface area (Å²) in [4.78, 5) is 25.8. The van der Waals surface area contributed by atoms with Crippen LogP contribution >= 0.6 is 0 Å². The van der Waals surface area contributed by atoms with E-state index in [0.717, 1.165) is 11.3 Å². The maximum atomic E-state index is 12.3. The molecule has 0 saturated heterocycles. The second kappa shape index (κ2) is 8.04. The van der Waals surface area contributed by atoms with Crippen LogP contribution in [0, 0.1) is 0 Å². The standard InChI is InChI=1S/C21H23NO4/c1-15-13-22(19-12-18(16(2)23)8-9-20(19)26-15)14-21(24)25-11-10-17-6-4-3-5-7-17/h3-9,12,15H,10-11,13-14H2,1-2H3. The lowest BCUT2D eigenvalue weighted by Gasteiger charge is -2.34. The predicted molar refractivity (Wildman–Crippen MR) is 99.9 cm³/mol. The van der Waals surface area contributed by atoms with Crippen LogP contribution < -0.4 is 9.64 Å². The molecule has 2 aromatic rings. The third kappa shape index (κ3) is 4.42. The summed E-state index contributed by atoms with van der Waals surface area (Å²) < 4.78 is 11.2. The van der Waals surface area contributed by atoms with E-state index < -0.39 is 0 Å². The number of anilines is 1. The van der Waals surface area contributed by atoms with E-state index in [1.54, 1.807) is 18.2 Å². The highest BCUT2D eigenvalue weighted by Crippen LogP contribution is 2.34. The van der Waals surface area contributed by atoms with Gasteiger partial charge in [0.25, 0.3) is 0 Å². The molecule has 0 fully saturated rings. The van der Waals surface area contributed by atoms with E-state index in [1.807, 2.05) is 42.2 Å². The van der Waals surface area contributed by atoms with Crippen molar-refractivity contribution in [2.75, 3.05) is 24.6 Å². The van der Waals surface area contributed by atoms with E-state index in [-0.39, 0.29) is 24.4 Å². The Morgan fingerprint density at radius 3 is 2.69 bits per heavy atom. The molecule has 1 heterocycles. The first-order valence-electron chi connectivity index (χ1n) is 8.79. The molecule has 0 spiro atoms. The minimum Gasteiger partial charge on any atom is -0.487 e. The maximum Gasteiger partial charge on any atom is 0.325 e. The normalized spacial score (nSPS) is 15.8. The molecule has 0 bridgehead atoms. The van der Waals surface area contributed by atoms with Gasteiger partial charge in [0.2, 0.25) is 0 Å². The van der Waals surface area contributed by atoms with Crippen LogP contribution in [-0.2, 0) is 16.0 Å². The molecule has 0 amide bonds. The lowest BCUT2D eigenvalue weighted by molar-refractivity contribution is -0.141. The van der Waals surface area contributed by atoms with Crippen LogP contribution in [-0.4, -0.2) is 37.6 Å². The first kappa shape index (κ1) is 18.0. The van der Waals surface area contributed by atoms with Crippen LogP contribution in [0.1, 0.15) is 29.8 Å². The van der Waals surface area contributed by atoms with E-state index in [0.29, 0.717) is 30.9 Å². The molecule has 26 heavy (non-hydrogen) atoms. The number of Topliss-reactive ketones (excluding diaryl/α,β-unsaturated/α-hetero) is 1. The Morgan fingerprint density at radius 2 is 1.96 bits per heavy atom. The largest absolute Gasteiger partial charge is 0.487 e. The molecule has 1 atom stereocenters. The van der Waals surface area contributed by atoms with Crippen molar-refractivity contribution in [1.82, 2.24) is 0 Å². The van der Waals surface area contributed by atoms with Crippen molar-refractivity contribution in [2.24, 2.45) is 0 Å². The Hall–Kier alpha value is -2.82. The topological polar surface area (TPSA) is 55.8 Å². The summed E-state index contributed by atoms with van der Waals surface area (Å²) in [5.74, 6) is 0.386. The van der Waals surface area contributed by atoms with Crippen molar-refractivity contribution < 1.29 is 19.1 Å². The molecule has 0 aliphatic carbocycles. The molecular formula is C21H23NO4. The number of esters is 1. The zero-order valence-corrected chi connectivity index (χ0v) is 15.1. The number of carbonyl (C=O) groups excluding carboxylic acids is 2. The minimum atomic E-state index is -0.283. The minimum absolute atomic E-state index is 0.0168. The van der Waals surface area contributed by atoms with Gasteiger partial charge in [-0.25, -0.2) is 0 Å². The predicted octanol–water partition coefficient (Wildman–Crippen LogP) is 3.26. The highest BCUT2D eigenvalue weighted by atomic mass is 16.5. The maximum absolute atomic E-state index is 12.3. The smallest absolute Gasteiger partial charge is 0.325 e. The molecule has 136 valence electrons. The molecule has 0 radical (unpaired) electrons. The van der Waals surface area contributed by atoms with Crippen LogP contribution in [0.3, 0.4) is 0 Å². The molecule has 0 N–H and O–H groups in total. The number of carbonyl (C=O) groups is 2. The fourth-order valence-electron chi connectivity index (χ4n) is 3.02. The lowest BCUT2D eigenvalue weighted by Crippen LogP contribution is -2.41. The van der Waals surface area contributed by atoms with Crippen molar-refractivity contribution in [3.05, 3.63) is 59.7 Å². The number of ether oxygens (including phenoxy) is 2. The summed E-state index contributed by atoms with van der Waals surface area (Å²) in [6.45, 7) is 4.54. The molecule has 0 aromatic heterocycles. The summed E-state index contributed by atoms with van der Waals surface area (Å²) >= 11 is 0. The van der Waals surface area contributed by atoms with Crippen molar-refractivity contribution >= 4 is 17.4 Å². The number of fused-ring (bicyclic) bond motifs is 1. The SMILES string of the molecule is CC(=O)c1ccc2c(c1)N(CC(=O)OCCc1ccccc1)CC(C)O2. The number of hydrogen-bond donors (Lipinski definition) is 0. The number of ketones is 1. The van der Waals surface area contributed by atoms with Crippen LogP contribution in [0.25, 0.3) is 0 Å². The summed E-state index contributed by atoms with van der Waals surface area (Å²) in [6, 6.07) is 15.2. The molecular weight excluding hydrogens is 330 g/mol. The molecule has 1 aliphatic heterocycles. The van der Waals surface area contributed by atoms with Gasteiger partial charge in [-0.1, -0.05) is 30.3 Å². The molecule has 3 rings (SSSR count). The summed E-state index contributed by atoms with van der Waals surface area (Å²) in [5.41, 5.74) is 2.50. The zero-order chi connectivity index (χ0) is 18.5. The Balaban J connectivity index is 1.63. The van der Waals surface area contributed by atoms with Gasteiger partial charge in [0, 0.05) is 12.0 Å². The second-order valence-corrected chi connectivity index (χ2v) is 6.50. The molecule has 1 aliphatic rings. The number of rotatable bonds is 6. The van der Waals surface area contributed by atoms with Gasteiger partial charge < -0.3 is 14.4 Å². The number of benzene rings is 2. The Bertz CT molecular complexity index is 788.